The number of hydrogen-bond acceptors (Lipinski definition) is 5. The van der Waals surface area contributed by atoms with Crippen LogP contribution in [0, 0.1) is 6.92 Å². The molecule has 3 rings (SSSR count). The summed E-state index contributed by atoms with van der Waals surface area (Å²) >= 11 is 0. The molecule has 3 aromatic rings. The van der Waals surface area contributed by atoms with Crippen molar-refractivity contribution in [2.75, 3.05) is 10.8 Å². The van der Waals surface area contributed by atoms with Gasteiger partial charge in [0.25, 0.3) is 15.9 Å². The van der Waals surface area contributed by atoms with Crippen molar-refractivity contribution in [1.29, 1.82) is 0 Å². The number of ether oxygens (including phenoxy) is 1. The van der Waals surface area contributed by atoms with Gasteiger partial charge in [0.2, 0.25) is 0 Å². The van der Waals surface area contributed by atoms with Crippen LogP contribution in [0.3, 0.4) is 0 Å². The van der Waals surface area contributed by atoms with Crippen LogP contribution in [0.4, 0.5) is 5.69 Å². The Balaban J connectivity index is 1.75. The van der Waals surface area contributed by atoms with Gasteiger partial charge in [-0.1, -0.05) is 30.3 Å². The van der Waals surface area contributed by atoms with Crippen molar-refractivity contribution in [1.82, 2.24) is 5.43 Å². The quantitative estimate of drug-likeness (QED) is 0.380. The first-order valence-electron chi connectivity index (χ1n) is 10.5. The van der Waals surface area contributed by atoms with Gasteiger partial charge in [0.05, 0.1) is 22.9 Å². The highest BCUT2D eigenvalue weighted by molar-refractivity contribution is 7.92. The Kier molecular flexibility index (Phi) is 7.84. The number of nitrogens with zero attached hydrogens (tertiary/aromatic N) is 2. The van der Waals surface area contributed by atoms with E-state index >= 15 is 0 Å². The van der Waals surface area contributed by atoms with Crippen molar-refractivity contribution < 1.29 is 17.9 Å². The van der Waals surface area contributed by atoms with Gasteiger partial charge in [0.1, 0.15) is 12.3 Å². The van der Waals surface area contributed by atoms with E-state index in [4.69, 9.17) is 4.74 Å². The highest BCUT2D eigenvalue weighted by Crippen LogP contribution is 2.24. The second-order valence-corrected chi connectivity index (χ2v) is 9.55. The summed E-state index contributed by atoms with van der Waals surface area (Å²) in [4.78, 5) is 12.7. The molecule has 0 atom stereocenters. The van der Waals surface area contributed by atoms with E-state index in [9.17, 15) is 13.2 Å². The number of benzene rings is 3. The fourth-order valence-electron chi connectivity index (χ4n) is 3.07. The first kappa shape index (κ1) is 24.0. The molecule has 0 saturated heterocycles. The summed E-state index contributed by atoms with van der Waals surface area (Å²) in [7, 11) is -3.95. The summed E-state index contributed by atoms with van der Waals surface area (Å²) in [5.41, 5.74) is 4.45. The van der Waals surface area contributed by atoms with E-state index in [0.29, 0.717) is 5.69 Å². The lowest BCUT2D eigenvalue weighted by Gasteiger charge is -2.24. The largest absolute Gasteiger partial charge is 0.491 e. The number of aryl methyl sites for hydroxylation is 1. The van der Waals surface area contributed by atoms with Crippen molar-refractivity contribution >= 4 is 27.8 Å². The van der Waals surface area contributed by atoms with Gasteiger partial charge in [-0.25, -0.2) is 13.8 Å². The van der Waals surface area contributed by atoms with Crippen LogP contribution in [0.1, 0.15) is 25.0 Å². The van der Waals surface area contributed by atoms with Crippen molar-refractivity contribution in [2.45, 2.75) is 31.8 Å². The fraction of sp³-hybridized carbons (Fsp3) is 0.200. The van der Waals surface area contributed by atoms with E-state index in [1.807, 2.05) is 51.1 Å². The minimum Gasteiger partial charge on any atom is -0.491 e. The Hall–Kier alpha value is -3.65. The van der Waals surface area contributed by atoms with Crippen LogP contribution >= 0.6 is 0 Å². The lowest BCUT2D eigenvalue weighted by Crippen LogP contribution is -2.39. The SMILES string of the molecule is Cc1cccc(N(CC(=O)N/N=C\c2ccc(OC(C)C)cc2)S(=O)(=O)c2ccccc2)c1. The van der Waals surface area contributed by atoms with Gasteiger partial charge in [-0.15, -0.1) is 0 Å². The Labute approximate surface area is 194 Å². The molecule has 172 valence electrons. The van der Waals surface area contributed by atoms with Crippen LogP contribution in [0.15, 0.2) is 88.9 Å². The normalized spacial score (nSPS) is 11.5. The maximum absolute atomic E-state index is 13.3. The minimum absolute atomic E-state index is 0.0762. The van der Waals surface area contributed by atoms with E-state index in [-0.39, 0.29) is 11.0 Å². The maximum Gasteiger partial charge on any atom is 0.264 e. The van der Waals surface area contributed by atoms with Gasteiger partial charge in [-0.3, -0.25) is 9.10 Å². The lowest BCUT2D eigenvalue weighted by atomic mass is 10.2. The Morgan fingerprint density at radius 1 is 1.03 bits per heavy atom. The number of rotatable bonds is 9. The lowest BCUT2D eigenvalue weighted by molar-refractivity contribution is -0.119. The summed E-state index contributed by atoms with van der Waals surface area (Å²) < 4.78 is 33.2. The van der Waals surface area contributed by atoms with E-state index < -0.39 is 22.5 Å². The second kappa shape index (κ2) is 10.8. The molecule has 0 unspecified atom stereocenters. The number of hydrogen-bond donors (Lipinski definition) is 1. The molecule has 0 heterocycles. The number of nitrogens with one attached hydrogen (secondary N) is 1. The molecule has 0 aromatic heterocycles. The molecule has 8 heteroatoms. The number of carbonyl (C=O) groups is 1. The molecule has 3 aromatic carbocycles. The zero-order valence-corrected chi connectivity index (χ0v) is 19.6. The third-order valence-corrected chi connectivity index (χ3v) is 6.35. The zero-order chi connectivity index (χ0) is 23.8. The molecule has 0 bridgehead atoms. The van der Waals surface area contributed by atoms with Crippen LogP contribution in [0.25, 0.3) is 0 Å². The van der Waals surface area contributed by atoms with Crippen LogP contribution in [0.2, 0.25) is 0 Å². The summed E-state index contributed by atoms with van der Waals surface area (Å²) in [6, 6.07) is 22.3. The summed E-state index contributed by atoms with van der Waals surface area (Å²) in [6.45, 7) is 5.34. The van der Waals surface area contributed by atoms with Crippen molar-refractivity contribution in [3.05, 3.63) is 90.0 Å². The van der Waals surface area contributed by atoms with Gasteiger partial charge in [0, 0.05) is 0 Å². The first-order chi connectivity index (χ1) is 15.8. The van der Waals surface area contributed by atoms with Crippen molar-refractivity contribution in [3.8, 4) is 5.75 Å². The number of amides is 1. The average Bonchev–Trinajstić information content (AvgIpc) is 2.79. The molecular formula is C25H27N3O4S. The number of carbonyl (C=O) groups excluding carboxylic acids is 1. The Morgan fingerprint density at radius 3 is 2.36 bits per heavy atom. The molecule has 33 heavy (non-hydrogen) atoms. The highest BCUT2D eigenvalue weighted by atomic mass is 32.2. The first-order valence-corrected chi connectivity index (χ1v) is 11.9. The molecule has 1 N–H and O–H groups in total. The van der Waals surface area contributed by atoms with Crippen molar-refractivity contribution in [3.63, 3.8) is 0 Å². The van der Waals surface area contributed by atoms with Gasteiger partial charge in [0.15, 0.2) is 0 Å². The van der Waals surface area contributed by atoms with Crippen LogP contribution in [0.5, 0.6) is 5.75 Å². The Morgan fingerprint density at radius 2 is 1.73 bits per heavy atom. The van der Waals surface area contributed by atoms with E-state index in [1.54, 1.807) is 36.4 Å². The fourth-order valence-corrected chi connectivity index (χ4v) is 4.50. The van der Waals surface area contributed by atoms with Gasteiger partial charge >= 0.3 is 0 Å². The molecule has 0 fully saturated rings. The zero-order valence-electron chi connectivity index (χ0n) is 18.8. The van der Waals surface area contributed by atoms with Gasteiger partial charge < -0.3 is 4.74 Å². The summed E-state index contributed by atoms with van der Waals surface area (Å²) in [6.07, 6.45) is 1.56. The predicted octanol–water partition coefficient (Wildman–Crippen LogP) is 4.13. The van der Waals surface area contributed by atoms with Crippen LogP contribution in [-0.2, 0) is 14.8 Å². The van der Waals surface area contributed by atoms with Crippen LogP contribution in [-0.4, -0.2) is 33.2 Å². The third-order valence-electron chi connectivity index (χ3n) is 4.56. The molecular weight excluding hydrogens is 438 g/mol. The van der Waals surface area contributed by atoms with Crippen molar-refractivity contribution in [2.24, 2.45) is 5.10 Å². The molecule has 0 aliphatic carbocycles. The molecule has 0 aliphatic rings. The number of hydrazone groups is 1. The maximum atomic E-state index is 13.3. The van der Waals surface area contributed by atoms with Gasteiger partial charge in [-0.05, 0) is 80.4 Å². The molecule has 0 radical (unpaired) electrons. The highest BCUT2D eigenvalue weighted by Gasteiger charge is 2.27. The predicted molar refractivity (Wildman–Crippen MR) is 130 cm³/mol. The number of sulfonamides is 1. The molecule has 0 aliphatic heterocycles. The second-order valence-electron chi connectivity index (χ2n) is 7.69. The minimum atomic E-state index is -3.95. The average molecular weight is 466 g/mol. The monoisotopic (exact) mass is 465 g/mol. The van der Waals surface area contributed by atoms with E-state index in [1.165, 1.54) is 18.3 Å². The van der Waals surface area contributed by atoms with E-state index in [0.717, 1.165) is 21.2 Å². The standard InChI is InChI=1S/C25H27N3O4S/c1-19(2)32-23-14-12-21(13-15-23)17-26-27-25(29)18-28(22-9-7-8-20(3)16-22)33(30,31)24-10-5-4-6-11-24/h4-17,19H,18H2,1-3H3,(H,27,29)/b26-17-. The van der Waals surface area contributed by atoms with E-state index in [2.05, 4.69) is 10.5 Å². The summed E-state index contributed by atoms with van der Waals surface area (Å²) in [5.74, 6) is 0.179. The molecule has 7 nitrogen and oxygen atoms in total. The molecule has 0 saturated carbocycles. The van der Waals surface area contributed by atoms with Gasteiger partial charge in [-0.2, -0.15) is 5.10 Å². The molecule has 0 spiro atoms. The molecule has 1 amide bonds. The number of anilines is 1. The summed E-state index contributed by atoms with van der Waals surface area (Å²) in [5, 5.41) is 3.96. The van der Waals surface area contributed by atoms with Crippen LogP contribution < -0.4 is 14.5 Å². The smallest absolute Gasteiger partial charge is 0.264 e. The third kappa shape index (κ3) is 6.66. The Bertz CT molecular complexity index is 1210. The topological polar surface area (TPSA) is 88.1 Å².